The Labute approximate surface area is 100 Å². The van der Waals surface area contributed by atoms with Gasteiger partial charge in [-0.3, -0.25) is 4.98 Å². The molecule has 0 fully saturated rings. The van der Waals surface area contributed by atoms with E-state index >= 15 is 0 Å². The standard InChI is InChI=1S/C9H14ClN3O2S/c1-7(11-2)4-13-16(14,15)9-3-8(10)5-12-6-9/h3,5-7,11,13H,4H2,1-2H3. The first kappa shape index (κ1) is 13.4. The van der Waals surface area contributed by atoms with Crippen molar-refractivity contribution in [2.24, 2.45) is 0 Å². The smallest absolute Gasteiger partial charge is 0.242 e. The van der Waals surface area contributed by atoms with Crippen LogP contribution >= 0.6 is 11.6 Å². The summed E-state index contributed by atoms with van der Waals surface area (Å²) in [6.07, 6.45) is 2.65. The number of likely N-dealkylation sites (N-methyl/N-ethyl adjacent to an activating group) is 1. The van der Waals surface area contributed by atoms with Crippen molar-refractivity contribution in [1.29, 1.82) is 0 Å². The van der Waals surface area contributed by atoms with Gasteiger partial charge in [-0.25, -0.2) is 13.1 Å². The molecule has 0 bridgehead atoms. The van der Waals surface area contributed by atoms with E-state index in [2.05, 4.69) is 15.0 Å². The van der Waals surface area contributed by atoms with Crippen LogP contribution in [0.5, 0.6) is 0 Å². The van der Waals surface area contributed by atoms with Gasteiger partial charge in [-0.15, -0.1) is 0 Å². The molecule has 7 heteroatoms. The molecule has 0 aliphatic carbocycles. The minimum Gasteiger partial charge on any atom is -0.316 e. The minimum absolute atomic E-state index is 0.0573. The number of nitrogens with zero attached hydrogens (tertiary/aromatic N) is 1. The Hall–Kier alpha value is -0.690. The zero-order chi connectivity index (χ0) is 12.2. The lowest BCUT2D eigenvalue weighted by molar-refractivity contribution is 0.554. The monoisotopic (exact) mass is 263 g/mol. The maximum absolute atomic E-state index is 11.8. The first-order valence-corrected chi connectivity index (χ1v) is 6.59. The summed E-state index contributed by atoms with van der Waals surface area (Å²) >= 11 is 5.67. The number of sulfonamides is 1. The summed E-state index contributed by atoms with van der Waals surface area (Å²) in [6, 6.07) is 1.42. The van der Waals surface area contributed by atoms with Crippen LogP contribution in [0.15, 0.2) is 23.4 Å². The van der Waals surface area contributed by atoms with Gasteiger partial charge in [-0.05, 0) is 20.0 Å². The molecular weight excluding hydrogens is 250 g/mol. The highest BCUT2D eigenvalue weighted by Gasteiger charge is 2.15. The summed E-state index contributed by atoms with van der Waals surface area (Å²) < 4.78 is 26.0. The van der Waals surface area contributed by atoms with Crippen molar-refractivity contribution >= 4 is 21.6 Å². The number of halogens is 1. The third kappa shape index (κ3) is 3.71. The van der Waals surface area contributed by atoms with Crippen molar-refractivity contribution in [3.63, 3.8) is 0 Å². The van der Waals surface area contributed by atoms with E-state index in [4.69, 9.17) is 11.6 Å². The molecule has 0 saturated carbocycles. The molecule has 16 heavy (non-hydrogen) atoms. The summed E-state index contributed by atoms with van der Waals surface area (Å²) in [5.41, 5.74) is 0. The summed E-state index contributed by atoms with van der Waals surface area (Å²) in [6.45, 7) is 2.18. The lowest BCUT2D eigenvalue weighted by Crippen LogP contribution is -2.37. The zero-order valence-corrected chi connectivity index (χ0v) is 10.6. The number of hydrogen-bond donors (Lipinski definition) is 2. The maximum atomic E-state index is 11.8. The molecule has 1 unspecified atom stereocenters. The molecule has 0 aliphatic heterocycles. The average Bonchev–Trinajstić information content (AvgIpc) is 2.26. The Morgan fingerprint density at radius 2 is 2.19 bits per heavy atom. The van der Waals surface area contributed by atoms with Crippen LogP contribution < -0.4 is 10.0 Å². The van der Waals surface area contributed by atoms with Crippen LogP contribution in [-0.2, 0) is 10.0 Å². The third-order valence-corrected chi connectivity index (χ3v) is 3.66. The van der Waals surface area contributed by atoms with E-state index in [1.807, 2.05) is 6.92 Å². The lowest BCUT2D eigenvalue weighted by Gasteiger charge is -2.11. The highest BCUT2D eigenvalue weighted by molar-refractivity contribution is 7.89. The van der Waals surface area contributed by atoms with Crippen molar-refractivity contribution in [2.45, 2.75) is 17.9 Å². The number of hydrogen-bond acceptors (Lipinski definition) is 4. The first-order chi connectivity index (χ1) is 7.45. The predicted octanol–water partition coefficient (Wildman–Crippen LogP) is 0.621. The van der Waals surface area contributed by atoms with Gasteiger partial charge in [0.1, 0.15) is 4.90 Å². The van der Waals surface area contributed by atoms with Crippen LogP contribution in [-0.4, -0.2) is 33.0 Å². The van der Waals surface area contributed by atoms with Crippen molar-refractivity contribution < 1.29 is 8.42 Å². The SMILES string of the molecule is CNC(C)CNS(=O)(=O)c1cncc(Cl)c1. The highest BCUT2D eigenvalue weighted by atomic mass is 35.5. The van der Waals surface area contributed by atoms with E-state index in [1.165, 1.54) is 18.5 Å². The second-order valence-corrected chi connectivity index (χ2v) is 5.58. The quantitative estimate of drug-likeness (QED) is 0.817. The molecule has 1 aromatic rings. The largest absolute Gasteiger partial charge is 0.316 e. The topological polar surface area (TPSA) is 71.1 Å². The predicted molar refractivity (Wildman–Crippen MR) is 63.0 cm³/mol. The molecule has 0 radical (unpaired) electrons. The Morgan fingerprint density at radius 1 is 1.50 bits per heavy atom. The van der Waals surface area contributed by atoms with Crippen LogP contribution in [0, 0.1) is 0 Å². The number of nitrogens with one attached hydrogen (secondary N) is 2. The number of rotatable bonds is 5. The molecular formula is C9H14ClN3O2S. The Morgan fingerprint density at radius 3 is 2.75 bits per heavy atom. The van der Waals surface area contributed by atoms with E-state index < -0.39 is 10.0 Å². The number of aromatic nitrogens is 1. The molecule has 0 saturated heterocycles. The Bertz CT molecular complexity index is 450. The maximum Gasteiger partial charge on any atom is 0.242 e. The summed E-state index contributed by atoms with van der Waals surface area (Å²) in [7, 11) is -1.76. The second-order valence-electron chi connectivity index (χ2n) is 3.38. The zero-order valence-electron chi connectivity index (χ0n) is 9.07. The van der Waals surface area contributed by atoms with Gasteiger partial charge < -0.3 is 5.32 Å². The van der Waals surface area contributed by atoms with E-state index in [0.29, 0.717) is 11.6 Å². The van der Waals surface area contributed by atoms with E-state index in [0.717, 1.165) is 0 Å². The fourth-order valence-corrected chi connectivity index (χ4v) is 2.32. The van der Waals surface area contributed by atoms with Crippen molar-refractivity contribution in [2.75, 3.05) is 13.6 Å². The molecule has 0 spiro atoms. The second kappa shape index (κ2) is 5.58. The third-order valence-electron chi connectivity index (χ3n) is 2.06. The molecule has 0 aliphatic rings. The Kier molecular flexibility index (Phi) is 4.67. The first-order valence-electron chi connectivity index (χ1n) is 4.73. The minimum atomic E-state index is -3.52. The molecule has 1 aromatic heterocycles. The van der Waals surface area contributed by atoms with Gasteiger partial charge in [0.15, 0.2) is 0 Å². The van der Waals surface area contributed by atoms with Crippen LogP contribution in [0.4, 0.5) is 0 Å². The molecule has 5 nitrogen and oxygen atoms in total. The molecule has 1 atom stereocenters. The fraction of sp³-hybridized carbons (Fsp3) is 0.444. The lowest BCUT2D eigenvalue weighted by atomic mass is 10.4. The van der Waals surface area contributed by atoms with Crippen LogP contribution in [0.1, 0.15) is 6.92 Å². The van der Waals surface area contributed by atoms with Crippen molar-refractivity contribution in [3.8, 4) is 0 Å². The van der Waals surface area contributed by atoms with Gasteiger partial charge in [-0.1, -0.05) is 11.6 Å². The van der Waals surface area contributed by atoms with Gasteiger partial charge in [0.2, 0.25) is 10.0 Å². The Balaban J connectivity index is 2.78. The van der Waals surface area contributed by atoms with Gasteiger partial charge in [0, 0.05) is 25.0 Å². The average molecular weight is 264 g/mol. The normalized spacial score (nSPS) is 13.7. The van der Waals surface area contributed by atoms with Gasteiger partial charge >= 0.3 is 0 Å². The van der Waals surface area contributed by atoms with Crippen molar-refractivity contribution in [3.05, 3.63) is 23.5 Å². The summed E-state index contributed by atoms with van der Waals surface area (Å²) in [5, 5.41) is 3.23. The van der Waals surface area contributed by atoms with E-state index in [1.54, 1.807) is 7.05 Å². The molecule has 0 amide bonds. The summed E-state index contributed by atoms with van der Waals surface area (Å²) in [4.78, 5) is 3.80. The van der Waals surface area contributed by atoms with E-state index in [9.17, 15) is 8.42 Å². The number of pyridine rings is 1. The van der Waals surface area contributed by atoms with Crippen LogP contribution in [0.2, 0.25) is 5.02 Å². The highest BCUT2D eigenvalue weighted by Crippen LogP contribution is 2.12. The van der Waals surface area contributed by atoms with Crippen LogP contribution in [0.3, 0.4) is 0 Å². The molecule has 1 heterocycles. The van der Waals surface area contributed by atoms with Gasteiger partial charge in [0.05, 0.1) is 5.02 Å². The van der Waals surface area contributed by atoms with E-state index in [-0.39, 0.29) is 10.9 Å². The van der Waals surface area contributed by atoms with Gasteiger partial charge in [0.25, 0.3) is 0 Å². The molecule has 0 aromatic carbocycles. The van der Waals surface area contributed by atoms with Crippen molar-refractivity contribution in [1.82, 2.24) is 15.0 Å². The van der Waals surface area contributed by atoms with Gasteiger partial charge in [-0.2, -0.15) is 0 Å². The fourth-order valence-electron chi connectivity index (χ4n) is 0.959. The molecule has 1 rings (SSSR count). The van der Waals surface area contributed by atoms with Crippen LogP contribution in [0.25, 0.3) is 0 Å². The summed E-state index contributed by atoms with van der Waals surface area (Å²) in [5.74, 6) is 0. The molecule has 90 valence electrons. The molecule has 2 N–H and O–H groups in total.